The second kappa shape index (κ2) is 6.57. The summed E-state index contributed by atoms with van der Waals surface area (Å²) in [5.41, 5.74) is 7.45. The number of piperidine rings is 1. The number of anilines is 1. The topological polar surface area (TPSA) is 58.4 Å². The van der Waals surface area contributed by atoms with Crippen LogP contribution in [0, 0.1) is 0 Å². The Morgan fingerprint density at radius 1 is 1.47 bits per heavy atom. The van der Waals surface area contributed by atoms with Crippen molar-refractivity contribution < 1.29 is 4.79 Å². The predicted octanol–water partition coefficient (Wildman–Crippen LogP) is 1.41. The third kappa shape index (κ3) is 3.96. The first-order chi connectivity index (χ1) is 9.19. The van der Waals surface area contributed by atoms with Gasteiger partial charge in [-0.1, -0.05) is 25.1 Å². The molecule has 1 aromatic rings. The normalized spacial score (nSPS) is 20.2. The number of nitrogen functional groups attached to an aromatic ring is 1. The molecule has 1 atom stereocenters. The van der Waals surface area contributed by atoms with E-state index in [1.165, 1.54) is 0 Å². The highest BCUT2D eigenvalue weighted by atomic mass is 16.1. The van der Waals surface area contributed by atoms with E-state index >= 15 is 0 Å². The Morgan fingerprint density at radius 2 is 2.26 bits per heavy atom. The lowest BCUT2D eigenvalue weighted by molar-refractivity contribution is -0.121. The van der Waals surface area contributed by atoms with E-state index < -0.39 is 0 Å². The van der Waals surface area contributed by atoms with E-state index in [4.69, 9.17) is 5.73 Å². The molecule has 1 fully saturated rings. The fraction of sp³-hybridized carbons (Fsp3) is 0.533. The van der Waals surface area contributed by atoms with Crippen molar-refractivity contribution in [3.05, 3.63) is 29.8 Å². The largest absolute Gasteiger partial charge is 0.398 e. The highest BCUT2D eigenvalue weighted by Gasteiger charge is 2.20. The molecular weight excluding hydrogens is 238 g/mol. The van der Waals surface area contributed by atoms with Gasteiger partial charge in [-0.25, -0.2) is 0 Å². The molecule has 1 aromatic carbocycles. The lowest BCUT2D eigenvalue weighted by atomic mass is 10.0. The minimum Gasteiger partial charge on any atom is -0.398 e. The van der Waals surface area contributed by atoms with E-state index in [2.05, 4.69) is 17.1 Å². The molecule has 2 rings (SSSR count). The number of hydrogen-bond acceptors (Lipinski definition) is 3. The number of nitrogens with one attached hydrogen (secondary N) is 1. The second-order valence-electron chi connectivity index (χ2n) is 5.18. The summed E-state index contributed by atoms with van der Waals surface area (Å²) < 4.78 is 0. The molecule has 0 aliphatic carbocycles. The van der Waals surface area contributed by atoms with Crippen molar-refractivity contribution in [3.63, 3.8) is 0 Å². The van der Waals surface area contributed by atoms with Crippen LogP contribution in [0.5, 0.6) is 0 Å². The monoisotopic (exact) mass is 261 g/mol. The summed E-state index contributed by atoms with van der Waals surface area (Å²) in [4.78, 5) is 14.4. The Hall–Kier alpha value is -1.55. The van der Waals surface area contributed by atoms with Crippen LogP contribution in [-0.2, 0) is 11.2 Å². The summed E-state index contributed by atoms with van der Waals surface area (Å²) >= 11 is 0. The molecule has 0 bridgehead atoms. The summed E-state index contributed by atoms with van der Waals surface area (Å²) in [6.45, 7) is 5.33. The minimum absolute atomic E-state index is 0.0702. The fourth-order valence-electron chi connectivity index (χ4n) is 2.61. The molecular formula is C15H23N3O. The van der Waals surface area contributed by atoms with Crippen molar-refractivity contribution in [2.45, 2.75) is 32.2 Å². The van der Waals surface area contributed by atoms with Crippen LogP contribution < -0.4 is 11.1 Å². The van der Waals surface area contributed by atoms with Crippen LogP contribution in [0.4, 0.5) is 5.69 Å². The van der Waals surface area contributed by atoms with Crippen LogP contribution in [-0.4, -0.2) is 36.5 Å². The Labute approximate surface area is 115 Å². The molecule has 1 aliphatic rings. The van der Waals surface area contributed by atoms with Gasteiger partial charge in [0, 0.05) is 18.3 Å². The maximum atomic E-state index is 12.0. The number of rotatable bonds is 4. The zero-order valence-electron chi connectivity index (χ0n) is 11.6. The molecule has 104 valence electrons. The van der Waals surface area contributed by atoms with Gasteiger partial charge in [0.1, 0.15) is 0 Å². The number of likely N-dealkylation sites (N-methyl/N-ethyl adjacent to an activating group) is 1. The van der Waals surface area contributed by atoms with Crippen molar-refractivity contribution in [1.29, 1.82) is 0 Å². The summed E-state index contributed by atoms with van der Waals surface area (Å²) in [5.74, 6) is 0.0702. The summed E-state index contributed by atoms with van der Waals surface area (Å²) in [7, 11) is 0. The maximum Gasteiger partial charge on any atom is 0.224 e. The van der Waals surface area contributed by atoms with Crippen LogP contribution in [0.1, 0.15) is 25.3 Å². The summed E-state index contributed by atoms with van der Waals surface area (Å²) in [6, 6.07) is 7.83. The number of hydrogen-bond donors (Lipinski definition) is 2. The van der Waals surface area contributed by atoms with Gasteiger partial charge in [0.15, 0.2) is 0 Å². The minimum atomic E-state index is 0.0702. The molecule has 19 heavy (non-hydrogen) atoms. The molecule has 4 nitrogen and oxygen atoms in total. The van der Waals surface area contributed by atoms with E-state index in [1.807, 2.05) is 24.3 Å². The standard InChI is InChI=1S/C15H23N3O/c1-2-18-9-5-7-13(11-18)17-15(19)10-12-6-3-4-8-14(12)16/h3-4,6,8,13H,2,5,7,9-11,16H2,1H3,(H,17,19). The van der Waals surface area contributed by atoms with Crippen LogP contribution in [0.15, 0.2) is 24.3 Å². The van der Waals surface area contributed by atoms with Gasteiger partial charge in [-0.2, -0.15) is 0 Å². The number of nitrogens with zero attached hydrogens (tertiary/aromatic N) is 1. The third-order valence-electron chi connectivity index (χ3n) is 3.72. The molecule has 0 spiro atoms. The van der Waals surface area contributed by atoms with E-state index in [1.54, 1.807) is 0 Å². The van der Waals surface area contributed by atoms with Gasteiger partial charge < -0.3 is 16.0 Å². The van der Waals surface area contributed by atoms with Crippen molar-refractivity contribution in [3.8, 4) is 0 Å². The predicted molar refractivity (Wildman–Crippen MR) is 77.8 cm³/mol. The lowest BCUT2D eigenvalue weighted by Crippen LogP contribution is -2.47. The van der Waals surface area contributed by atoms with E-state index in [-0.39, 0.29) is 11.9 Å². The Kier molecular flexibility index (Phi) is 4.80. The smallest absolute Gasteiger partial charge is 0.224 e. The highest BCUT2D eigenvalue weighted by Crippen LogP contribution is 2.13. The summed E-state index contributed by atoms with van der Waals surface area (Å²) in [6.07, 6.45) is 2.61. The molecule has 0 saturated carbocycles. The molecule has 4 heteroatoms. The fourth-order valence-corrected chi connectivity index (χ4v) is 2.61. The van der Waals surface area contributed by atoms with E-state index in [0.717, 1.165) is 38.0 Å². The van der Waals surface area contributed by atoms with Crippen molar-refractivity contribution in [2.24, 2.45) is 0 Å². The van der Waals surface area contributed by atoms with Crippen LogP contribution in [0.2, 0.25) is 0 Å². The van der Waals surface area contributed by atoms with Gasteiger partial charge in [-0.05, 0) is 37.6 Å². The van der Waals surface area contributed by atoms with Gasteiger partial charge in [-0.3, -0.25) is 4.79 Å². The van der Waals surface area contributed by atoms with Gasteiger partial charge in [0.05, 0.1) is 6.42 Å². The zero-order chi connectivity index (χ0) is 13.7. The lowest BCUT2D eigenvalue weighted by Gasteiger charge is -2.32. The Balaban J connectivity index is 1.86. The molecule has 1 unspecified atom stereocenters. The first-order valence-corrected chi connectivity index (χ1v) is 7.04. The molecule has 0 aromatic heterocycles. The first-order valence-electron chi connectivity index (χ1n) is 7.04. The van der Waals surface area contributed by atoms with Gasteiger partial charge >= 0.3 is 0 Å². The molecule has 1 heterocycles. The van der Waals surface area contributed by atoms with Crippen LogP contribution in [0.3, 0.4) is 0 Å². The number of para-hydroxylation sites is 1. The average Bonchev–Trinajstić information content (AvgIpc) is 2.41. The third-order valence-corrected chi connectivity index (χ3v) is 3.72. The van der Waals surface area contributed by atoms with E-state index in [9.17, 15) is 4.79 Å². The van der Waals surface area contributed by atoms with Crippen LogP contribution >= 0.6 is 0 Å². The van der Waals surface area contributed by atoms with Gasteiger partial charge in [0.25, 0.3) is 0 Å². The highest BCUT2D eigenvalue weighted by molar-refractivity contribution is 5.80. The van der Waals surface area contributed by atoms with Gasteiger partial charge in [-0.15, -0.1) is 0 Å². The van der Waals surface area contributed by atoms with Crippen molar-refractivity contribution in [2.75, 3.05) is 25.4 Å². The van der Waals surface area contributed by atoms with Crippen LogP contribution in [0.25, 0.3) is 0 Å². The SMILES string of the molecule is CCN1CCCC(NC(=O)Cc2ccccc2N)C1. The summed E-state index contributed by atoms with van der Waals surface area (Å²) in [5, 5.41) is 3.12. The molecule has 1 aliphatic heterocycles. The van der Waals surface area contributed by atoms with Crippen molar-refractivity contribution >= 4 is 11.6 Å². The van der Waals surface area contributed by atoms with Gasteiger partial charge in [0.2, 0.25) is 5.91 Å². The Bertz CT molecular complexity index is 433. The number of carbonyl (C=O) groups excluding carboxylic acids is 1. The molecule has 0 radical (unpaired) electrons. The number of carbonyl (C=O) groups is 1. The molecule has 1 saturated heterocycles. The molecule has 3 N–H and O–H groups in total. The second-order valence-corrected chi connectivity index (χ2v) is 5.18. The molecule has 1 amide bonds. The average molecular weight is 261 g/mol. The van der Waals surface area contributed by atoms with Crippen molar-refractivity contribution in [1.82, 2.24) is 10.2 Å². The zero-order valence-corrected chi connectivity index (χ0v) is 11.6. The maximum absolute atomic E-state index is 12.0. The number of amides is 1. The Morgan fingerprint density at radius 3 is 3.00 bits per heavy atom. The quantitative estimate of drug-likeness (QED) is 0.806. The number of likely N-dealkylation sites (tertiary alicyclic amines) is 1. The number of nitrogens with two attached hydrogens (primary N) is 1. The van der Waals surface area contributed by atoms with E-state index in [0.29, 0.717) is 12.1 Å². The first kappa shape index (κ1) is 13.9. The number of benzene rings is 1.